The smallest absolute Gasteiger partial charge is 0.0933 e. The van der Waals surface area contributed by atoms with Crippen LogP contribution in [0.3, 0.4) is 0 Å². The average Bonchev–Trinajstić information content (AvgIpc) is 2.73. The van der Waals surface area contributed by atoms with Crippen molar-refractivity contribution in [1.29, 1.82) is 0 Å². The highest BCUT2D eigenvalue weighted by Gasteiger charge is 2.21. The van der Waals surface area contributed by atoms with Gasteiger partial charge in [-0.1, -0.05) is 6.92 Å². The van der Waals surface area contributed by atoms with Crippen molar-refractivity contribution in [2.24, 2.45) is 7.05 Å². The van der Waals surface area contributed by atoms with E-state index >= 15 is 0 Å². The molecule has 2 rings (SSSR count). The average molecular weight is 388 g/mol. The van der Waals surface area contributed by atoms with Gasteiger partial charge in [0.2, 0.25) is 0 Å². The molecule has 2 heterocycles. The normalized spacial score (nSPS) is 12.6. The van der Waals surface area contributed by atoms with Crippen LogP contribution in [-0.2, 0) is 7.05 Å². The first kappa shape index (κ1) is 14.7. The largest absolute Gasteiger partial charge is 0.304 e. The van der Waals surface area contributed by atoms with Crippen molar-refractivity contribution in [2.45, 2.75) is 19.4 Å². The molecule has 0 saturated carbocycles. The molecule has 1 N–H and O–H groups in total. The summed E-state index contributed by atoms with van der Waals surface area (Å²) in [7, 11) is 1.94. The number of pyridine rings is 1. The van der Waals surface area contributed by atoms with Gasteiger partial charge in [-0.25, -0.2) is 0 Å². The van der Waals surface area contributed by atoms with Gasteiger partial charge < -0.3 is 5.32 Å². The van der Waals surface area contributed by atoms with Crippen LogP contribution in [0.15, 0.2) is 33.5 Å². The third-order valence-electron chi connectivity index (χ3n) is 2.86. The fraction of sp³-hybridized carbons (Fsp3) is 0.385. The first-order chi connectivity index (χ1) is 9.13. The van der Waals surface area contributed by atoms with Gasteiger partial charge in [0.15, 0.2) is 0 Å². The summed E-state index contributed by atoms with van der Waals surface area (Å²) in [5.74, 6) is 0. The first-order valence-corrected chi connectivity index (χ1v) is 7.74. The van der Waals surface area contributed by atoms with Crippen LogP contribution in [-0.4, -0.2) is 21.3 Å². The quantitative estimate of drug-likeness (QED) is 0.854. The van der Waals surface area contributed by atoms with E-state index in [1.54, 1.807) is 0 Å². The molecule has 1 atom stereocenters. The fourth-order valence-electron chi connectivity index (χ4n) is 1.93. The Balaban J connectivity index is 2.38. The molecule has 4 nitrogen and oxygen atoms in total. The lowest BCUT2D eigenvalue weighted by atomic mass is 10.1. The highest BCUT2D eigenvalue weighted by atomic mass is 79.9. The minimum Gasteiger partial charge on any atom is -0.304 e. The molecule has 1 unspecified atom stereocenters. The summed E-state index contributed by atoms with van der Waals surface area (Å²) in [6, 6.07) is 4.07. The lowest BCUT2D eigenvalue weighted by molar-refractivity contribution is 0.542. The predicted molar refractivity (Wildman–Crippen MR) is 83.0 cm³/mol. The second-order valence-electron chi connectivity index (χ2n) is 4.29. The van der Waals surface area contributed by atoms with E-state index in [1.165, 1.54) is 0 Å². The van der Waals surface area contributed by atoms with E-state index < -0.39 is 0 Å². The molecule has 0 aliphatic rings. The van der Waals surface area contributed by atoms with Gasteiger partial charge in [-0.3, -0.25) is 9.67 Å². The molecule has 6 heteroatoms. The van der Waals surface area contributed by atoms with Crippen LogP contribution in [0.1, 0.15) is 30.8 Å². The van der Waals surface area contributed by atoms with Crippen LogP contribution in [0.2, 0.25) is 0 Å². The maximum absolute atomic E-state index is 4.50. The molecule has 0 fully saturated rings. The highest BCUT2D eigenvalue weighted by Crippen LogP contribution is 2.27. The molecular formula is C13H16Br2N4. The lowest BCUT2D eigenvalue weighted by Crippen LogP contribution is -2.26. The second-order valence-corrected chi connectivity index (χ2v) is 6.06. The minimum atomic E-state index is 0.0370. The summed E-state index contributed by atoms with van der Waals surface area (Å²) in [5.41, 5.74) is 2.07. The zero-order chi connectivity index (χ0) is 13.8. The van der Waals surface area contributed by atoms with Crippen molar-refractivity contribution in [3.63, 3.8) is 0 Å². The van der Waals surface area contributed by atoms with Gasteiger partial charge >= 0.3 is 0 Å². The van der Waals surface area contributed by atoms with Gasteiger partial charge in [-0.15, -0.1) is 0 Å². The zero-order valence-corrected chi connectivity index (χ0v) is 14.1. The molecule has 2 aromatic rings. The maximum atomic E-state index is 4.50. The highest BCUT2D eigenvalue weighted by molar-refractivity contribution is 9.10. The number of rotatable bonds is 5. The topological polar surface area (TPSA) is 42.7 Å². The summed E-state index contributed by atoms with van der Waals surface area (Å²) in [6.07, 6.45) is 4.71. The molecular weight excluding hydrogens is 372 g/mol. The Morgan fingerprint density at radius 2 is 2.11 bits per heavy atom. The Bertz CT molecular complexity index is 517. The van der Waals surface area contributed by atoms with Crippen molar-refractivity contribution in [3.8, 4) is 0 Å². The van der Waals surface area contributed by atoms with Gasteiger partial charge in [0.05, 0.1) is 28.1 Å². The predicted octanol–water partition coefficient (Wildman–Crippen LogP) is 3.43. The Morgan fingerprint density at radius 3 is 2.63 bits per heavy atom. The monoisotopic (exact) mass is 386 g/mol. The molecule has 0 saturated heterocycles. The Labute approximate surface area is 129 Å². The number of halogens is 2. The first-order valence-electron chi connectivity index (χ1n) is 6.15. The molecule has 0 aliphatic carbocycles. The Morgan fingerprint density at radius 1 is 1.32 bits per heavy atom. The summed E-state index contributed by atoms with van der Waals surface area (Å²) in [5, 5.41) is 7.80. The minimum absolute atomic E-state index is 0.0370. The number of nitrogens with zero attached hydrogens (tertiary/aromatic N) is 3. The van der Waals surface area contributed by atoms with Gasteiger partial charge in [-0.2, -0.15) is 5.10 Å². The van der Waals surface area contributed by atoms with Crippen molar-refractivity contribution < 1.29 is 0 Å². The van der Waals surface area contributed by atoms with Gasteiger partial charge in [0, 0.05) is 17.7 Å². The van der Waals surface area contributed by atoms with Crippen molar-refractivity contribution in [2.75, 3.05) is 6.54 Å². The van der Waals surface area contributed by atoms with E-state index in [0.717, 1.165) is 33.3 Å². The molecule has 0 amide bonds. The molecule has 0 aliphatic heterocycles. The van der Waals surface area contributed by atoms with Crippen LogP contribution >= 0.6 is 31.9 Å². The van der Waals surface area contributed by atoms with E-state index in [2.05, 4.69) is 54.2 Å². The number of nitrogens with one attached hydrogen (secondary N) is 1. The number of hydrogen-bond donors (Lipinski definition) is 1. The molecule has 0 radical (unpaired) electrons. The van der Waals surface area contributed by atoms with E-state index in [9.17, 15) is 0 Å². The number of aromatic nitrogens is 3. The number of hydrogen-bond acceptors (Lipinski definition) is 3. The van der Waals surface area contributed by atoms with Crippen LogP contribution < -0.4 is 5.32 Å². The molecule has 0 aromatic carbocycles. The van der Waals surface area contributed by atoms with Gasteiger partial charge in [-0.05, 0) is 57.0 Å². The Kier molecular flexibility index (Phi) is 5.13. The van der Waals surface area contributed by atoms with E-state index in [-0.39, 0.29) is 6.04 Å². The van der Waals surface area contributed by atoms with Crippen LogP contribution in [0.25, 0.3) is 0 Å². The van der Waals surface area contributed by atoms with Gasteiger partial charge in [0.25, 0.3) is 0 Å². The summed E-state index contributed by atoms with van der Waals surface area (Å²) in [4.78, 5) is 4.50. The second kappa shape index (κ2) is 6.63. The third kappa shape index (κ3) is 3.43. The summed E-state index contributed by atoms with van der Waals surface area (Å²) in [6.45, 7) is 3.08. The fourth-order valence-corrected chi connectivity index (χ4v) is 2.74. The lowest BCUT2D eigenvalue weighted by Gasteiger charge is -2.19. The summed E-state index contributed by atoms with van der Waals surface area (Å²) < 4.78 is 3.85. The maximum Gasteiger partial charge on any atom is 0.0933 e. The molecule has 19 heavy (non-hydrogen) atoms. The Hall–Kier alpha value is -0.720. The SMILES string of the molecule is CCCNC(c1ccc(Br)cn1)c1c(Br)cnn1C. The van der Waals surface area contributed by atoms with E-state index in [1.807, 2.05) is 36.3 Å². The van der Waals surface area contributed by atoms with Gasteiger partial charge in [0.1, 0.15) is 0 Å². The summed E-state index contributed by atoms with van der Waals surface area (Å²) >= 11 is 6.98. The molecule has 2 aromatic heterocycles. The van der Waals surface area contributed by atoms with Crippen LogP contribution in [0.5, 0.6) is 0 Å². The number of aryl methyl sites for hydroxylation is 1. The van der Waals surface area contributed by atoms with Crippen LogP contribution in [0.4, 0.5) is 0 Å². The van der Waals surface area contributed by atoms with E-state index in [4.69, 9.17) is 0 Å². The molecule has 102 valence electrons. The van der Waals surface area contributed by atoms with E-state index in [0.29, 0.717) is 0 Å². The zero-order valence-electron chi connectivity index (χ0n) is 10.9. The van der Waals surface area contributed by atoms with Crippen molar-refractivity contribution >= 4 is 31.9 Å². The molecule has 0 spiro atoms. The van der Waals surface area contributed by atoms with Crippen molar-refractivity contribution in [3.05, 3.63) is 44.9 Å². The van der Waals surface area contributed by atoms with Crippen LogP contribution in [0, 0.1) is 0 Å². The third-order valence-corrected chi connectivity index (χ3v) is 3.94. The standard InChI is InChI=1S/C13H16Br2N4/c1-3-6-16-12(11-5-4-9(14)7-17-11)13-10(15)8-18-19(13)2/h4-5,7-8,12,16H,3,6H2,1-2H3. The molecule has 0 bridgehead atoms. The van der Waals surface area contributed by atoms with Crippen molar-refractivity contribution in [1.82, 2.24) is 20.1 Å².